The molecule has 0 unspecified atom stereocenters. The maximum atomic E-state index is 13.4. The number of hydrogen-bond acceptors (Lipinski definition) is 1. The minimum atomic E-state index is -0.287. The van der Waals surface area contributed by atoms with Crippen molar-refractivity contribution < 1.29 is 9.18 Å². The van der Waals surface area contributed by atoms with Crippen molar-refractivity contribution in [2.45, 2.75) is 13.5 Å². The first-order valence-electron chi connectivity index (χ1n) is 5.43. The highest BCUT2D eigenvalue weighted by Gasteiger charge is 2.08. The van der Waals surface area contributed by atoms with Crippen LogP contribution >= 0.6 is 0 Å². The van der Waals surface area contributed by atoms with Crippen LogP contribution < -0.4 is 0 Å². The lowest BCUT2D eigenvalue weighted by molar-refractivity contribution is -0.125. The summed E-state index contributed by atoms with van der Waals surface area (Å²) in [5, 5.41) is 0. The van der Waals surface area contributed by atoms with E-state index in [-0.39, 0.29) is 18.3 Å². The quantitative estimate of drug-likeness (QED) is 0.578. The van der Waals surface area contributed by atoms with Crippen LogP contribution in [-0.2, 0) is 11.3 Å². The number of hydrogen-bond donors (Lipinski definition) is 0. The molecule has 1 aromatic rings. The molecule has 0 saturated heterocycles. The maximum absolute atomic E-state index is 13.4. The molecule has 90 valence electrons. The Labute approximate surface area is 101 Å². The summed E-state index contributed by atoms with van der Waals surface area (Å²) in [6.07, 6.45) is 6.73. The molecule has 0 aliphatic heterocycles. The van der Waals surface area contributed by atoms with Gasteiger partial charge in [-0.15, -0.1) is 0 Å². The molecular formula is C14H16FNO. The van der Waals surface area contributed by atoms with E-state index in [4.69, 9.17) is 0 Å². The molecule has 0 heterocycles. The number of carbonyl (C=O) groups excluding carboxylic acids is 1. The predicted molar refractivity (Wildman–Crippen MR) is 66.8 cm³/mol. The molecular weight excluding hydrogens is 217 g/mol. The minimum Gasteiger partial charge on any atom is -0.338 e. The molecule has 0 radical (unpaired) electrons. The molecule has 0 N–H and O–H groups in total. The zero-order chi connectivity index (χ0) is 12.7. The Morgan fingerprint density at radius 1 is 1.35 bits per heavy atom. The Morgan fingerprint density at radius 2 is 2.06 bits per heavy atom. The van der Waals surface area contributed by atoms with E-state index in [1.807, 2.05) is 13.0 Å². The zero-order valence-corrected chi connectivity index (χ0v) is 10.1. The van der Waals surface area contributed by atoms with Crippen molar-refractivity contribution in [1.82, 2.24) is 4.90 Å². The molecule has 0 saturated carbocycles. The predicted octanol–water partition coefficient (Wildman–Crippen LogP) is 2.92. The highest BCUT2D eigenvalue weighted by molar-refractivity contribution is 5.87. The lowest BCUT2D eigenvalue weighted by Crippen LogP contribution is -2.24. The van der Waals surface area contributed by atoms with Crippen molar-refractivity contribution in [2.75, 3.05) is 7.05 Å². The Hall–Kier alpha value is -1.90. The van der Waals surface area contributed by atoms with Gasteiger partial charge in [-0.05, 0) is 13.0 Å². The summed E-state index contributed by atoms with van der Waals surface area (Å²) in [7, 11) is 1.65. The van der Waals surface area contributed by atoms with E-state index in [9.17, 15) is 9.18 Å². The maximum Gasteiger partial charge on any atom is 0.246 e. The number of amides is 1. The fourth-order valence-electron chi connectivity index (χ4n) is 1.34. The monoisotopic (exact) mass is 233 g/mol. The number of carbonyl (C=O) groups is 1. The number of allylic oxidation sites excluding steroid dienone is 3. The average Bonchev–Trinajstić information content (AvgIpc) is 2.32. The highest BCUT2D eigenvalue weighted by atomic mass is 19.1. The second-order valence-corrected chi connectivity index (χ2v) is 3.67. The molecule has 0 fully saturated rings. The lowest BCUT2D eigenvalue weighted by Gasteiger charge is -2.15. The Balaban J connectivity index is 2.63. The SMILES string of the molecule is CC=CC=CC(=O)N(C)Cc1ccccc1F. The van der Waals surface area contributed by atoms with Crippen LogP contribution in [0.25, 0.3) is 0 Å². The lowest BCUT2D eigenvalue weighted by atomic mass is 10.2. The van der Waals surface area contributed by atoms with E-state index in [1.165, 1.54) is 17.0 Å². The molecule has 1 aromatic carbocycles. The second-order valence-electron chi connectivity index (χ2n) is 3.67. The van der Waals surface area contributed by atoms with Gasteiger partial charge in [0.2, 0.25) is 5.91 Å². The molecule has 0 aliphatic rings. The van der Waals surface area contributed by atoms with Gasteiger partial charge in [0.05, 0.1) is 0 Å². The summed E-state index contributed by atoms with van der Waals surface area (Å²) >= 11 is 0. The third-order valence-corrected chi connectivity index (χ3v) is 2.28. The van der Waals surface area contributed by atoms with Gasteiger partial charge in [-0.2, -0.15) is 0 Å². The zero-order valence-electron chi connectivity index (χ0n) is 10.1. The number of halogens is 1. The van der Waals surface area contributed by atoms with Crippen LogP contribution in [0.3, 0.4) is 0 Å². The summed E-state index contributed by atoms with van der Waals surface area (Å²) in [5.74, 6) is -0.434. The third-order valence-electron chi connectivity index (χ3n) is 2.28. The summed E-state index contributed by atoms with van der Waals surface area (Å²) in [6.45, 7) is 2.14. The standard InChI is InChI=1S/C14H16FNO/c1-3-4-5-10-14(17)16(2)11-12-8-6-7-9-13(12)15/h3-10H,11H2,1-2H3. The molecule has 1 rings (SSSR count). The smallest absolute Gasteiger partial charge is 0.246 e. The minimum absolute atomic E-state index is 0.147. The van der Waals surface area contributed by atoms with Gasteiger partial charge in [-0.25, -0.2) is 4.39 Å². The topological polar surface area (TPSA) is 20.3 Å². The summed E-state index contributed by atoms with van der Waals surface area (Å²) in [4.78, 5) is 13.1. The van der Waals surface area contributed by atoms with Crippen LogP contribution in [0.4, 0.5) is 4.39 Å². The average molecular weight is 233 g/mol. The molecule has 0 aliphatic carbocycles. The Kier molecular flexibility index (Phi) is 5.14. The van der Waals surface area contributed by atoms with Gasteiger partial charge in [0.25, 0.3) is 0 Å². The van der Waals surface area contributed by atoms with Gasteiger partial charge in [-0.1, -0.05) is 36.4 Å². The van der Waals surface area contributed by atoms with Crippen LogP contribution in [0.1, 0.15) is 12.5 Å². The van der Waals surface area contributed by atoms with Crippen molar-refractivity contribution in [3.8, 4) is 0 Å². The summed E-state index contributed by atoms with van der Waals surface area (Å²) in [5.41, 5.74) is 0.516. The number of likely N-dealkylation sites (N-methyl/N-ethyl adjacent to an activating group) is 1. The van der Waals surface area contributed by atoms with Crippen LogP contribution in [0.15, 0.2) is 48.6 Å². The van der Waals surface area contributed by atoms with E-state index in [0.717, 1.165) is 0 Å². The van der Waals surface area contributed by atoms with Gasteiger partial charge in [-0.3, -0.25) is 4.79 Å². The largest absolute Gasteiger partial charge is 0.338 e. The molecule has 17 heavy (non-hydrogen) atoms. The third kappa shape index (κ3) is 4.23. The van der Waals surface area contributed by atoms with Crippen LogP contribution in [0, 0.1) is 5.82 Å². The summed E-state index contributed by atoms with van der Waals surface area (Å²) in [6, 6.07) is 6.46. The number of benzene rings is 1. The normalized spacial score (nSPS) is 11.2. The fourth-order valence-corrected chi connectivity index (χ4v) is 1.34. The van der Waals surface area contributed by atoms with Crippen LogP contribution in [0.5, 0.6) is 0 Å². The first-order valence-corrected chi connectivity index (χ1v) is 5.43. The van der Waals surface area contributed by atoms with E-state index in [2.05, 4.69) is 0 Å². The van der Waals surface area contributed by atoms with Gasteiger partial charge in [0, 0.05) is 25.2 Å². The first-order chi connectivity index (χ1) is 8.15. The highest BCUT2D eigenvalue weighted by Crippen LogP contribution is 2.08. The van der Waals surface area contributed by atoms with Gasteiger partial charge < -0.3 is 4.90 Å². The van der Waals surface area contributed by atoms with Crippen LogP contribution in [-0.4, -0.2) is 17.9 Å². The molecule has 0 aromatic heterocycles. The Bertz CT molecular complexity index is 438. The van der Waals surface area contributed by atoms with Crippen LogP contribution in [0.2, 0.25) is 0 Å². The Morgan fingerprint density at radius 3 is 2.71 bits per heavy atom. The molecule has 0 spiro atoms. The number of nitrogens with zero attached hydrogens (tertiary/aromatic N) is 1. The van der Waals surface area contributed by atoms with E-state index < -0.39 is 0 Å². The van der Waals surface area contributed by atoms with E-state index in [1.54, 1.807) is 37.4 Å². The molecule has 0 bridgehead atoms. The van der Waals surface area contributed by atoms with Crippen molar-refractivity contribution in [3.63, 3.8) is 0 Å². The van der Waals surface area contributed by atoms with E-state index >= 15 is 0 Å². The molecule has 0 atom stereocenters. The first kappa shape index (κ1) is 13.2. The second kappa shape index (κ2) is 6.63. The summed E-state index contributed by atoms with van der Waals surface area (Å²) < 4.78 is 13.4. The van der Waals surface area contributed by atoms with Crippen molar-refractivity contribution in [3.05, 3.63) is 60.0 Å². The fraction of sp³-hybridized carbons (Fsp3) is 0.214. The van der Waals surface area contributed by atoms with E-state index in [0.29, 0.717) is 5.56 Å². The van der Waals surface area contributed by atoms with Crippen molar-refractivity contribution in [1.29, 1.82) is 0 Å². The molecule has 1 amide bonds. The number of rotatable bonds is 4. The van der Waals surface area contributed by atoms with Gasteiger partial charge >= 0.3 is 0 Å². The van der Waals surface area contributed by atoms with Crippen molar-refractivity contribution in [2.24, 2.45) is 0 Å². The molecule has 3 heteroatoms. The molecule has 2 nitrogen and oxygen atoms in total. The van der Waals surface area contributed by atoms with Crippen molar-refractivity contribution >= 4 is 5.91 Å². The van der Waals surface area contributed by atoms with Gasteiger partial charge in [0.1, 0.15) is 5.82 Å². The van der Waals surface area contributed by atoms with Gasteiger partial charge in [0.15, 0.2) is 0 Å².